The van der Waals surface area contributed by atoms with Gasteiger partial charge in [-0.15, -0.1) is 6.58 Å². The standard InChI is InChI=1S/C11H18N2O/c1-5-6-7-12-8(2)11-9(3)13-14-10(11)4/h5,8,12H,1,6-7H2,2-4H3. The van der Waals surface area contributed by atoms with Gasteiger partial charge >= 0.3 is 0 Å². The van der Waals surface area contributed by atoms with E-state index in [9.17, 15) is 0 Å². The molecule has 0 spiro atoms. The second-order valence-corrected chi connectivity index (χ2v) is 3.49. The van der Waals surface area contributed by atoms with Crippen LogP contribution in [0.25, 0.3) is 0 Å². The van der Waals surface area contributed by atoms with Crippen molar-refractivity contribution >= 4 is 0 Å². The molecular formula is C11H18N2O. The van der Waals surface area contributed by atoms with Crippen molar-refractivity contribution in [1.82, 2.24) is 10.5 Å². The molecule has 0 aliphatic heterocycles. The van der Waals surface area contributed by atoms with Crippen LogP contribution in [-0.4, -0.2) is 11.7 Å². The summed E-state index contributed by atoms with van der Waals surface area (Å²) in [7, 11) is 0. The maximum Gasteiger partial charge on any atom is 0.138 e. The Balaban J connectivity index is 2.59. The van der Waals surface area contributed by atoms with Crippen LogP contribution in [0.3, 0.4) is 0 Å². The Kier molecular flexibility index (Phi) is 3.89. The number of rotatable bonds is 5. The summed E-state index contributed by atoms with van der Waals surface area (Å²) >= 11 is 0. The Hall–Kier alpha value is -1.09. The molecule has 0 saturated heterocycles. The Bertz CT molecular complexity index is 285. The molecule has 1 aromatic heterocycles. The Morgan fingerprint density at radius 1 is 1.57 bits per heavy atom. The molecule has 0 bridgehead atoms. The first-order valence-corrected chi connectivity index (χ1v) is 4.94. The summed E-state index contributed by atoms with van der Waals surface area (Å²) in [4.78, 5) is 0. The number of nitrogens with one attached hydrogen (secondary N) is 1. The average molecular weight is 194 g/mol. The second-order valence-electron chi connectivity index (χ2n) is 3.49. The lowest BCUT2D eigenvalue weighted by Crippen LogP contribution is -2.20. The van der Waals surface area contributed by atoms with Gasteiger partial charge in [-0.2, -0.15) is 0 Å². The molecule has 0 saturated carbocycles. The highest BCUT2D eigenvalue weighted by Gasteiger charge is 2.14. The third-order valence-electron chi connectivity index (χ3n) is 2.32. The number of hydrogen-bond acceptors (Lipinski definition) is 3. The molecule has 0 fully saturated rings. The van der Waals surface area contributed by atoms with E-state index in [4.69, 9.17) is 4.52 Å². The van der Waals surface area contributed by atoms with Crippen LogP contribution >= 0.6 is 0 Å². The molecule has 0 radical (unpaired) electrons. The van der Waals surface area contributed by atoms with Crippen LogP contribution in [0.4, 0.5) is 0 Å². The van der Waals surface area contributed by atoms with Gasteiger partial charge < -0.3 is 9.84 Å². The Labute approximate surface area is 85.2 Å². The van der Waals surface area contributed by atoms with Crippen molar-refractivity contribution in [2.45, 2.75) is 33.2 Å². The van der Waals surface area contributed by atoms with E-state index in [2.05, 4.69) is 24.0 Å². The van der Waals surface area contributed by atoms with Crippen LogP contribution in [0.5, 0.6) is 0 Å². The Morgan fingerprint density at radius 2 is 2.29 bits per heavy atom. The van der Waals surface area contributed by atoms with Crippen molar-refractivity contribution in [3.05, 3.63) is 29.7 Å². The van der Waals surface area contributed by atoms with Gasteiger partial charge in [0.15, 0.2) is 0 Å². The largest absolute Gasteiger partial charge is 0.361 e. The summed E-state index contributed by atoms with van der Waals surface area (Å²) < 4.78 is 5.11. The fraction of sp³-hybridized carbons (Fsp3) is 0.545. The van der Waals surface area contributed by atoms with Crippen molar-refractivity contribution < 1.29 is 4.52 Å². The van der Waals surface area contributed by atoms with Gasteiger partial charge in [0.05, 0.1) is 5.69 Å². The normalized spacial score (nSPS) is 12.8. The highest BCUT2D eigenvalue weighted by molar-refractivity contribution is 5.24. The van der Waals surface area contributed by atoms with Crippen molar-refractivity contribution in [2.75, 3.05) is 6.54 Å². The highest BCUT2D eigenvalue weighted by atomic mass is 16.5. The van der Waals surface area contributed by atoms with Crippen molar-refractivity contribution in [3.63, 3.8) is 0 Å². The molecule has 0 amide bonds. The van der Waals surface area contributed by atoms with Crippen molar-refractivity contribution in [1.29, 1.82) is 0 Å². The van der Waals surface area contributed by atoms with Gasteiger partial charge in [-0.05, 0) is 33.7 Å². The summed E-state index contributed by atoms with van der Waals surface area (Å²) in [5.41, 5.74) is 2.15. The maximum absolute atomic E-state index is 5.11. The van der Waals surface area contributed by atoms with E-state index in [0.29, 0.717) is 6.04 Å². The Morgan fingerprint density at radius 3 is 2.79 bits per heavy atom. The molecule has 0 aliphatic rings. The fourth-order valence-electron chi connectivity index (χ4n) is 1.61. The van der Waals surface area contributed by atoms with Gasteiger partial charge in [0.1, 0.15) is 5.76 Å². The maximum atomic E-state index is 5.11. The van der Waals surface area contributed by atoms with Gasteiger partial charge in [-0.3, -0.25) is 0 Å². The quantitative estimate of drug-likeness (QED) is 0.578. The highest BCUT2D eigenvalue weighted by Crippen LogP contribution is 2.20. The number of aryl methyl sites for hydroxylation is 2. The van der Waals surface area contributed by atoms with E-state index in [-0.39, 0.29) is 0 Å². The first kappa shape index (κ1) is 11.0. The molecule has 0 aliphatic carbocycles. The molecule has 3 nitrogen and oxygen atoms in total. The van der Waals surface area contributed by atoms with E-state index in [0.717, 1.165) is 24.4 Å². The van der Waals surface area contributed by atoms with Crippen LogP contribution < -0.4 is 5.32 Å². The third-order valence-corrected chi connectivity index (χ3v) is 2.32. The molecule has 3 heteroatoms. The minimum absolute atomic E-state index is 0.293. The van der Waals surface area contributed by atoms with E-state index in [1.165, 1.54) is 5.56 Å². The third kappa shape index (κ3) is 2.45. The topological polar surface area (TPSA) is 38.1 Å². The molecular weight excluding hydrogens is 176 g/mol. The van der Waals surface area contributed by atoms with Gasteiger partial charge in [-0.1, -0.05) is 11.2 Å². The SMILES string of the molecule is C=CCCNC(C)c1c(C)noc1C. The lowest BCUT2D eigenvalue weighted by molar-refractivity contribution is 0.390. The van der Waals surface area contributed by atoms with Crippen LogP contribution in [0.15, 0.2) is 17.2 Å². The van der Waals surface area contributed by atoms with Gasteiger partial charge in [0.25, 0.3) is 0 Å². The van der Waals surface area contributed by atoms with E-state index in [1.54, 1.807) is 0 Å². The minimum Gasteiger partial charge on any atom is -0.361 e. The monoisotopic (exact) mass is 194 g/mol. The van der Waals surface area contributed by atoms with Crippen LogP contribution in [0, 0.1) is 13.8 Å². The average Bonchev–Trinajstić information content (AvgIpc) is 2.46. The summed E-state index contributed by atoms with van der Waals surface area (Å²) in [6.45, 7) is 10.7. The van der Waals surface area contributed by atoms with E-state index in [1.807, 2.05) is 19.9 Å². The molecule has 1 heterocycles. The fourth-order valence-corrected chi connectivity index (χ4v) is 1.61. The van der Waals surface area contributed by atoms with Crippen LogP contribution in [-0.2, 0) is 0 Å². The molecule has 1 aromatic rings. The number of aromatic nitrogens is 1. The molecule has 14 heavy (non-hydrogen) atoms. The van der Waals surface area contributed by atoms with Gasteiger partial charge in [-0.25, -0.2) is 0 Å². The van der Waals surface area contributed by atoms with Crippen LogP contribution in [0.1, 0.15) is 36.4 Å². The smallest absolute Gasteiger partial charge is 0.138 e. The van der Waals surface area contributed by atoms with Gasteiger partial charge in [0.2, 0.25) is 0 Å². The zero-order valence-electron chi connectivity index (χ0n) is 9.13. The van der Waals surface area contributed by atoms with E-state index >= 15 is 0 Å². The summed E-state index contributed by atoms with van der Waals surface area (Å²) in [6, 6.07) is 0.293. The molecule has 1 N–H and O–H groups in total. The predicted octanol–water partition coefficient (Wildman–Crippen LogP) is 2.52. The molecule has 1 unspecified atom stereocenters. The summed E-state index contributed by atoms with van der Waals surface area (Å²) in [6.07, 6.45) is 2.89. The van der Waals surface area contributed by atoms with Crippen LogP contribution in [0.2, 0.25) is 0 Å². The van der Waals surface area contributed by atoms with E-state index < -0.39 is 0 Å². The van der Waals surface area contributed by atoms with Crippen molar-refractivity contribution in [3.8, 4) is 0 Å². The minimum atomic E-state index is 0.293. The van der Waals surface area contributed by atoms with Crippen molar-refractivity contribution in [2.24, 2.45) is 0 Å². The summed E-state index contributed by atoms with van der Waals surface area (Å²) in [5.74, 6) is 0.904. The first-order chi connectivity index (χ1) is 6.66. The molecule has 78 valence electrons. The molecule has 1 atom stereocenters. The lowest BCUT2D eigenvalue weighted by Gasteiger charge is -2.12. The predicted molar refractivity (Wildman–Crippen MR) is 57.2 cm³/mol. The zero-order valence-corrected chi connectivity index (χ0v) is 9.13. The zero-order chi connectivity index (χ0) is 10.6. The first-order valence-electron chi connectivity index (χ1n) is 4.94. The molecule has 1 rings (SSSR count). The summed E-state index contributed by atoms with van der Waals surface area (Å²) in [5, 5.41) is 7.33. The molecule has 0 aromatic carbocycles. The van der Waals surface area contributed by atoms with Gasteiger partial charge in [0, 0.05) is 11.6 Å². The number of nitrogens with zero attached hydrogens (tertiary/aromatic N) is 1. The second kappa shape index (κ2) is 4.96. The number of hydrogen-bond donors (Lipinski definition) is 1. The lowest BCUT2D eigenvalue weighted by atomic mass is 10.1.